The van der Waals surface area contributed by atoms with Gasteiger partial charge >= 0.3 is 30.4 Å². The van der Waals surface area contributed by atoms with Gasteiger partial charge in [0, 0.05) is 18.2 Å². The van der Waals surface area contributed by atoms with Crippen molar-refractivity contribution >= 4 is 23.2 Å². The molecule has 0 saturated heterocycles. The Morgan fingerprint density at radius 3 is 1.53 bits per heavy atom. The maximum absolute atomic E-state index is 14.6. The molecule has 0 aromatic heterocycles. The molecule has 3 aromatic carbocycles. The maximum atomic E-state index is 14.6. The molecule has 43 heavy (non-hydrogen) atoms. The van der Waals surface area contributed by atoms with Crippen LogP contribution in [0.3, 0.4) is 0 Å². The molecular formula is C26H15F13N2O2. The Balaban J connectivity index is 2.27. The van der Waals surface area contributed by atoms with Crippen LogP contribution in [-0.4, -0.2) is 31.2 Å². The topological polar surface area (TPSA) is 49.4 Å². The summed E-state index contributed by atoms with van der Waals surface area (Å²) >= 11 is 0. The van der Waals surface area contributed by atoms with E-state index >= 15 is 0 Å². The number of nitrogens with zero attached hydrogens (tertiary/aromatic N) is 1. The molecule has 3 aromatic rings. The first-order chi connectivity index (χ1) is 19.5. The lowest BCUT2D eigenvalue weighted by molar-refractivity contribution is -0.348. The van der Waals surface area contributed by atoms with Crippen molar-refractivity contribution in [2.24, 2.45) is 0 Å². The summed E-state index contributed by atoms with van der Waals surface area (Å²) < 4.78 is 178. The molecule has 0 aliphatic rings. The van der Waals surface area contributed by atoms with Crippen LogP contribution < -0.4 is 10.2 Å². The average molecular weight is 634 g/mol. The van der Waals surface area contributed by atoms with E-state index in [1.54, 1.807) is 6.07 Å². The number of hydrogen-bond donors (Lipinski definition) is 1. The molecule has 0 unspecified atom stereocenters. The Labute approximate surface area is 232 Å². The van der Waals surface area contributed by atoms with Crippen molar-refractivity contribution in [3.05, 3.63) is 94.5 Å². The Bertz CT molecular complexity index is 1460. The minimum Gasteiger partial charge on any atom is -0.321 e. The van der Waals surface area contributed by atoms with Gasteiger partial charge in [0.2, 0.25) is 0 Å². The highest BCUT2D eigenvalue weighted by atomic mass is 19.4. The molecular weight excluding hydrogens is 619 g/mol. The van der Waals surface area contributed by atoms with Crippen molar-refractivity contribution in [1.82, 2.24) is 0 Å². The molecule has 4 nitrogen and oxygen atoms in total. The SMILES string of the molecule is CN(C(=O)c1ccccc1NC(=O)c1ccccc1)c1c(C(F)(F)F)cc(C(F)(C(F)(F)F)C(F)(F)F)cc1C(F)(F)F. The number of rotatable bonds is 5. The summed E-state index contributed by atoms with van der Waals surface area (Å²) in [4.78, 5) is 25.5. The van der Waals surface area contributed by atoms with E-state index in [-0.39, 0.29) is 10.5 Å². The number of halogens is 13. The van der Waals surface area contributed by atoms with Crippen molar-refractivity contribution in [3.63, 3.8) is 0 Å². The number of carbonyl (C=O) groups is 2. The summed E-state index contributed by atoms with van der Waals surface area (Å²) in [6.45, 7) is 0. The van der Waals surface area contributed by atoms with Gasteiger partial charge in [0.1, 0.15) is 0 Å². The molecule has 2 amide bonds. The monoisotopic (exact) mass is 634 g/mol. The van der Waals surface area contributed by atoms with E-state index in [1.807, 2.05) is 0 Å². The van der Waals surface area contributed by atoms with Gasteiger partial charge in [-0.1, -0.05) is 30.3 Å². The zero-order chi connectivity index (χ0) is 32.8. The van der Waals surface area contributed by atoms with Crippen LogP contribution >= 0.6 is 0 Å². The van der Waals surface area contributed by atoms with E-state index in [2.05, 4.69) is 5.32 Å². The van der Waals surface area contributed by atoms with Crippen molar-refractivity contribution in [2.45, 2.75) is 30.4 Å². The lowest BCUT2D eigenvalue weighted by atomic mass is 9.89. The van der Waals surface area contributed by atoms with Gasteiger partial charge in [-0.2, -0.15) is 52.7 Å². The van der Waals surface area contributed by atoms with Crippen LogP contribution in [-0.2, 0) is 18.0 Å². The second-order valence-electron chi connectivity index (χ2n) is 8.80. The third-order valence-electron chi connectivity index (χ3n) is 5.98. The van der Waals surface area contributed by atoms with Crippen LogP contribution in [0.15, 0.2) is 66.7 Å². The number of para-hydroxylation sites is 1. The molecule has 0 spiro atoms. The third-order valence-corrected chi connectivity index (χ3v) is 5.98. The third kappa shape index (κ3) is 6.39. The highest BCUT2D eigenvalue weighted by Crippen LogP contribution is 2.56. The minimum absolute atomic E-state index is 0.0245. The quantitative estimate of drug-likeness (QED) is 0.286. The zero-order valence-corrected chi connectivity index (χ0v) is 21.0. The first-order valence-electron chi connectivity index (χ1n) is 11.4. The molecule has 0 aliphatic carbocycles. The smallest absolute Gasteiger partial charge is 0.321 e. The number of anilines is 2. The molecule has 0 heterocycles. The van der Waals surface area contributed by atoms with Crippen LogP contribution in [0.2, 0.25) is 0 Å². The number of carbonyl (C=O) groups excluding carboxylic acids is 2. The molecule has 17 heteroatoms. The normalized spacial score (nSPS) is 13.1. The average Bonchev–Trinajstić information content (AvgIpc) is 2.89. The van der Waals surface area contributed by atoms with Gasteiger partial charge in [-0.05, 0) is 36.4 Å². The molecule has 0 atom stereocenters. The Morgan fingerprint density at radius 2 is 1.09 bits per heavy atom. The van der Waals surface area contributed by atoms with Gasteiger partial charge in [-0.25, -0.2) is 4.39 Å². The Morgan fingerprint density at radius 1 is 0.651 bits per heavy atom. The van der Waals surface area contributed by atoms with Crippen molar-refractivity contribution in [2.75, 3.05) is 17.3 Å². The summed E-state index contributed by atoms with van der Waals surface area (Å²) in [5.74, 6) is -2.57. The fourth-order valence-electron chi connectivity index (χ4n) is 3.96. The fraction of sp³-hybridized carbons (Fsp3) is 0.231. The summed E-state index contributed by atoms with van der Waals surface area (Å²) in [5.41, 5.74) is -18.7. The first-order valence-corrected chi connectivity index (χ1v) is 11.4. The van der Waals surface area contributed by atoms with Gasteiger partial charge in [-0.15, -0.1) is 0 Å². The van der Waals surface area contributed by atoms with Crippen LogP contribution in [0.4, 0.5) is 68.5 Å². The molecule has 0 saturated carbocycles. The van der Waals surface area contributed by atoms with Gasteiger partial charge in [-0.3, -0.25) is 9.59 Å². The van der Waals surface area contributed by atoms with E-state index in [1.165, 1.54) is 30.3 Å². The largest absolute Gasteiger partial charge is 0.435 e. The Kier molecular flexibility index (Phi) is 8.55. The van der Waals surface area contributed by atoms with Crippen LogP contribution in [0, 0.1) is 0 Å². The van der Waals surface area contributed by atoms with Gasteiger partial charge < -0.3 is 10.2 Å². The van der Waals surface area contributed by atoms with Crippen LogP contribution in [0.25, 0.3) is 0 Å². The molecule has 3 rings (SSSR count). The van der Waals surface area contributed by atoms with E-state index in [4.69, 9.17) is 0 Å². The predicted octanol–water partition coefficient (Wildman–Crippen LogP) is 8.54. The predicted molar refractivity (Wildman–Crippen MR) is 125 cm³/mol. The first kappa shape index (κ1) is 33.2. The number of nitrogens with one attached hydrogen (secondary N) is 1. The molecule has 0 radical (unpaired) electrons. The summed E-state index contributed by atoms with van der Waals surface area (Å²) in [5, 5.41) is 2.24. The van der Waals surface area contributed by atoms with Gasteiger partial charge in [0.05, 0.1) is 28.1 Å². The number of amides is 2. The second kappa shape index (κ2) is 11.1. The number of hydrogen-bond acceptors (Lipinski definition) is 2. The molecule has 232 valence electrons. The summed E-state index contributed by atoms with van der Waals surface area (Å²) in [6, 6.07) is 9.16. The lowest BCUT2D eigenvalue weighted by Gasteiger charge is -2.33. The minimum atomic E-state index is -7.05. The summed E-state index contributed by atoms with van der Waals surface area (Å²) in [6.07, 6.45) is -26.4. The zero-order valence-electron chi connectivity index (χ0n) is 21.0. The molecule has 0 bridgehead atoms. The van der Waals surface area contributed by atoms with E-state index in [9.17, 15) is 66.7 Å². The molecule has 0 aliphatic heterocycles. The summed E-state index contributed by atoms with van der Waals surface area (Å²) in [7, 11) is 0.327. The van der Waals surface area contributed by atoms with E-state index in [0.29, 0.717) is 7.05 Å². The lowest BCUT2D eigenvalue weighted by Crippen LogP contribution is -2.50. The maximum Gasteiger partial charge on any atom is 0.435 e. The second-order valence-corrected chi connectivity index (χ2v) is 8.80. The Hall–Kier alpha value is -4.31. The van der Waals surface area contributed by atoms with Crippen molar-refractivity contribution < 1.29 is 66.7 Å². The molecule has 1 N–H and O–H groups in total. The van der Waals surface area contributed by atoms with Gasteiger partial charge in [0.15, 0.2) is 0 Å². The van der Waals surface area contributed by atoms with Crippen LogP contribution in [0.5, 0.6) is 0 Å². The van der Waals surface area contributed by atoms with Crippen LogP contribution in [0.1, 0.15) is 37.4 Å². The van der Waals surface area contributed by atoms with Crippen molar-refractivity contribution in [3.8, 4) is 0 Å². The van der Waals surface area contributed by atoms with Crippen molar-refractivity contribution in [1.29, 1.82) is 0 Å². The number of alkyl halides is 13. The standard InChI is InChI=1S/C26H15F13N2O2/c1-41(21(43)15-9-5-6-10-18(15)40-20(42)13-7-3-2-4-8-13)19-16(23(28,29)30)11-14(12-17(19)24(31,32)33)22(27,25(34,35)36)26(37,38)39/h2-12H,1H3,(H,40,42). The highest BCUT2D eigenvalue weighted by Gasteiger charge is 2.74. The van der Waals surface area contributed by atoms with Gasteiger partial charge in [0.25, 0.3) is 11.8 Å². The van der Waals surface area contributed by atoms with E-state index in [0.717, 1.165) is 18.2 Å². The van der Waals surface area contributed by atoms with E-state index < -0.39 is 87.9 Å². The fourth-order valence-corrected chi connectivity index (χ4v) is 3.96. The highest BCUT2D eigenvalue weighted by molar-refractivity contribution is 6.13. The number of benzene rings is 3. The molecule has 0 fully saturated rings.